The van der Waals surface area contributed by atoms with Crippen LogP contribution in [0.3, 0.4) is 0 Å². The Labute approximate surface area is 139 Å². The third-order valence-corrected chi connectivity index (χ3v) is 4.54. The number of pyridine rings is 1. The van der Waals surface area contributed by atoms with Crippen molar-refractivity contribution < 1.29 is 9.82 Å². The zero-order chi connectivity index (χ0) is 16.5. The first-order valence-electron chi connectivity index (χ1n) is 8.38. The zero-order valence-electron chi connectivity index (χ0n) is 13.6. The minimum Gasteiger partial charge on any atom is -0.320 e. The molecule has 1 saturated carbocycles. The average molecular weight is 327 g/mol. The summed E-state index contributed by atoms with van der Waals surface area (Å²) in [4.78, 5) is 13.3. The lowest BCUT2D eigenvalue weighted by Crippen LogP contribution is -2.70. The van der Waals surface area contributed by atoms with E-state index in [1.54, 1.807) is 5.43 Å². The van der Waals surface area contributed by atoms with E-state index in [4.69, 9.17) is 0 Å². The molecular weight excluding hydrogens is 307 g/mol. The number of amidine groups is 1. The van der Waals surface area contributed by atoms with Gasteiger partial charge in [0.15, 0.2) is 0 Å². The fourth-order valence-corrected chi connectivity index (χ4v) is 3.36. The van der Waals surface area contributed by atoms with Gasteiger partial charge in [-0.2, -0.15) is 10.4 Å². The second kappa shape index (κ2) is 6.24. The smallest absolute Gasteiger partial charge is 0.262 e. The Morgan fingerprint density at radius 3 is 2.83 bits per heavy atom. The minimum atomic E-state index is -0.375. The van der Waals surface area contributed by atoms with Crippen LogP contribution in [0, 0.1) is 12.7 Å². The Hall–Kier alpha value is -2.41. The SMILES string of the molecule is Cc1cc(NC2=N[NH2+]c3ncc(F)cc32)nc(C2CCCCC2)n1. The maximum absolute atomic E-state index is 13.5. The number of aryl methyl sites for hydroxylation is 1. The van der Waals surface area contributed by atoms with Crippen LogP contribution in [-0.2, 0) is 0 Å². The van der Waals surface area contributed by atoms with Crippen molar-refractivity contribution in [3.05, 3.63) is 41.2 Å². The van der Waals surface area contributed by atoms with E-state index >= 15 is 0 Å². The number of aromatic nitrogens is 3. The summed E-state index contributed by atoms with van der Waals surface area (Å²) in [5.41, 5.74) is 3.21. The molecule has 3 heterocycles. The van der Waals surface area contributed by atoms with Gasteiger partial charge in [-0.15, -0.1) is 0 Å². The van der Waals surface area contributed by atoms with Crippen LogP contribution >= 0.6 is 0 Å². The van der Waals surface area contributed by atoms with E-state index in [2.05, 4.69) is 25.4 Å². The van der Waals surface area contributed by atoms with Crippen molar-refractivity contribution in [2.24, 2.45) is 5.10 Å². The lowest BCUT2D eigenvalue weighted by Gasteiger charge is -2.21. The normalized spacial score (nSPS) is 17.5. The number of quaternary nitrogens is 1. The second-order valence-electron chi connectivity index (χ2n) is 6.41. The van der Waals surface area contributed by atoms with Gasteiger partial charge in [0, 0.05) is 17.7 Å². The monoisotopic (exact) mass is 327 g/mol. The molecule has 0 amide bonds. The number of rotatable bonds is 2. The summed E-state index contributed by atoms with van der Waals surface area (Å²) in [6.45, 7) is 1.97. The summed E-state index contributed by atoms with van der Waals surface area (Å²) < 4.78 is 13.5. The summed E-state index contributed by atoms with van der Waals surface area (Å²) in [6.07, 6.45) is 7.28. The molecule has 0 bridgehead atoms. The van der Waals surface area contributed by atoms with Gasteiger partial charge in [-0.05, 0) is 25.8 Å². The molecule has 4 rings (SSSR count). The minimum absolute atomic E-state index is 0.375. The van der Waals surface area contributed by atoms with E-state index in [0.29, 0.717) is 29.0 Å². The van der Waals surface area contributed by atoms with Crippen LogP contribution < -0.4 is 10.7 Å². The number of fused-ring (bicyclic) bond motifs is 1. The number of anilines is 1. The molecule has 6 nitrogen and oxygen atoms in total. The van der Waals surface area contributed by atoms with Gasteiger partial charge in [-0.25, -0.2) is 14.4 Å². The van der Waals surface area contributed by atoms with Gasteiger partial charge >= 0.3 is 0 Å². The molecule has 2 aromatic rings. The topological polar surface area (TPSA) is 79.7 Å². The highest BCUT2D eigenvalue weighted by Crippen LogP contribution is 2.31. The molecule has 24 heavy (non-hydrogen) atoms. The molecule has 0 aromatic carbocycles. The third-order valence-electron chi connectivity index (χ3n) is 4.54. The summed E-state index contributed by atoms with van der Waals surface area (Å²) in [5.74, 6) is 2.90. The quantitative estimate of drug-likeness (QED) is 0.830. The lowest BCUT2D eigenvalue weighted by molar-refractivity contribution is -0.577. The van der Waals surface area contributed by atoms with Gasteiger partial charge < -0.3 is 5.32 Å². The highest BCUT2D eigenvalue weighted by Gasteiger charge is 2.24. The van der Waals surface area contributed by atoms with Gasteiger partial charge in [0.1, 0.15) is 23.0 Å². The van der Waals surface area contributed by atoms with Crippen LogP contribution in [0.25, 0.3) is 0 Å². The van der Waals surface area contributed by atoms with E-state index in [1.807, 2.05) is 13.0 Å². The molecule has 1 aliphatic carbocycles. The number of nitrogens with zero attached hydrogens (tertiary/aromatic N) is 4. The average Bonchev–Trinajstić information content (AvgIpc) is 2.97. The first-order chi connectivity index (χ1) is 11.7. The number of hydrogen-bond acceptors (Lipinski definition) is 5. The molecule has 1 fully saturated rings. The molecule has 2 aliphatic rings. The van der Waals surface area contributed by atoms with Crippen LogP contribution in [0.5, 0.6) is 0 Å². The van der Waals surface area contributed by atoms with E-state index in [-0.39, 0.29) is 5.82 Å². The molecule has 7 heteroatoms. The largest absolute Gasteiger partial charge is 0.320 e. The summed E-state index contributed by atoms with van der Waals surface area (Å²) in [5, 5.41) is 7.51. The molecule has 124 valence electrons. The maximum atomic E-state index is 13.5. The molecule has 0 radical (unpaired) electrons. The van der Waals surface area contributed by atoms with Gasteiger partial charge in [0.2, 0.25) is 5.84 Å². The van der Waals surface area contributed by atoms with Crippen LogP contribution in [0.2, 0.25) is 0 Å². The highest BCUT2D eigenvalue weighted by atomic mass is 19.1. The first kappa shape index (κ1) is 15.1. The predicted octanol–water partition coefficient (Wildman–Crippen LogP) is 2.35. The van der Waals surface area contributed by atoms with E-state index in [1.165, 1.54) is 31.5 Å². The van der Waals surface area contributed by atoms with Gasteiger partial charge in [-0.3, -0.25) is 0 Å². The molecule has 0 unspecified atom stereocenters. The Morgan fingerprint density at radius 1 is 1.17 bits per heavy atom. The van der Waals surface area contributed by atoms with Crippen LogP contribution in [0.1, 0.15) is 55.1 Å². The van der Waals surface area contributed by atoms with Gasteiger partial charge in [-0.1, -0.05) is 24.4 Å². The fraction of sp³-hybridized carbons (Fsp3) is 0.412. The van der Waals surface area contributed by atoms with Gasteiger partial charge in [0.25, 0.3) is 5.82 Å². The molecule has 0 spiro atoms. The van der Waals surface area contributed by atoms with Crippen molar-refractivity contribution in [3.63, 3.8) is 0 Å². The zero-order valence-corrected chi connectivity index (χ0v) is 13.6. The van der Waals surface area contributed by atoms with Crippen LogP contribution in [-0.4, -0.2) is 20.8 Å². The molecule has 1 aliphatic heterocycles. The van der Waals surface area contributed by atoms with Crippen LogP contribution in [0.15, 0.2) is 23.4 Å². The maximum Gasteiger partial charge on any atom is 0.262 e. The van der Waals surface area contributed by atoms with E-state index in [9.17, 15) is 4.39 Å². The number of nitrogens with two attached hydrogens (primary N) is 1. The van der Waals surface area contributed by atoms with E-state index in [0.717, 1.165) is 24.4 Å². The van der Waals surface area contributed by atoms with Gasteiger partial charge in [0.05, 0.1) is 6.20 Å². The van der Waals surface area contributed by atoms with Crippen molar-refractivity contribution in [2.75, 3.05) is 5.32 Å². The summed E-state index contributed by atoms with van der Waals surface area (Å²) >= 11 is 0. The first-order valence-corrected chi connectivity index (χ1v) is 8.38. The summed E-state index contributed by atoms with van der Waals surface area (Å²) in [6, 6.07) is 3.33. The molecular formula is C17H20FN6+. The second-order valence-corrected chi connectivity index (χ2v) is 6.41. The van der Waals surface area contributed by atoms with Crippen molar-refractivity contribution in [2.45, 2.75) is 44.9 Å². The van der Waals surface area contributed by atoms with E-state index < -0.39 is 0 Å². The Kier molecular flexibility index (Phi) is 3.93. The number of halogens is 1. The lowest BCUT2D eigenvalue weighted by atomic mass is 9.88. The molecule has 2 aromatic heterocycles. The molecule has 3 N–H and O–H groups in total. The van der Waals surface area contributed by atoms with Crippen LogP contribution in [0.4, 0.5) is 16.0 Å². The standard InChI is InChI=1S/C17H19FN6/c1-10-7-14(21-15(20-10)11-5-3-2-4-6-11)22-17-13-8-12(18)9-19-16(13)23-24-17/h7-9,11H,2-6H2,1H3,(H2,19,20,21,22,23,24)/p+1. The Bertz CT molecular complexity index is 798. The number of hydrogen-bond donors (Lipinski definition) is 2. The Balaban J connectivity index is 1.60. The fourth-order valence-electron chi connectivity index (χ4n) is 3.36. The van der Waals surface area contributed by atoms with Crippen molar-refractivity contribution >= 4 is 17.5 Å². The Morgan fingerprint density at radius 2 is 2.00 bits per heavy atom. The summed E-state index contributed by atoms with van der Waals surface area (Å²) in [7, 11) is 0. The number of nitrogens with one attached hydrogen (secondary N) is 1. The predicted molar refractivity (Wildman–Crippen MR) is 88.5 cm³/mol. The van der Waals surface area contributed by atoms with Crippen molar-refractivity contribution in [1.29, 1.82) is 0 Å². The molecule has 0 atom stereocenters. The molecule has 0 saturated heterocycles. The third kappa shape index (κ3) is 2.99. The van der Waals surface area contributed by atoms with Crippen molar-refractivity contribution in [1.82, 2.24) is 15.0 Å². The van der Waals surface area contributed by atoms with Crippen molar-refractivity contribution in [3.8, 4) is 0 Å². The highest BCUT2D eigenvalue weighted by molar-refractivity contribution is 6.10.